The minimum absolute atomic E-state index is 0.00663. The van der Waals surface area contributed by atoms with E-state index >= 15 is 0 Å². The molecule has 1 aliphatic rings. The second-order valence-electron chi connectivity index (χ2n) is 5.21. The van der Waals surface area contributed by atoms with Gasteiger partial charge >= 0.3 is 0 Å². The molecule has 1 fully saturated rings. The average molecular weight is 212 g/mol. The van der Waals surface area contributed by atoms with E-state index in [0.29, 0.717) is 5.92 Å². The second-order valence-corrected chi connectivity index (χ2v) is 5.21. The molecule has 90 valence electrons. The Balaban J connectivity index is 2.40. The van der Waals surface area contributed by atoms with Crippen molar-refractivity contribution in [2.45, 2.75) is 77.7 Å². The summed E-state index contributed by atoms with van der Waals surface area (Å²) in [7, 11) is 0. The van der Waals surface area contributed by atoms with E-state index in [1.54, 1.807) is 0 Å². The van der Waals surface area contributed by atoms with Gasteiger partial charge in [-0.25, -0.2) is 0 Å². The zero-order valence-corrected chi connectivity index (χ0v) is 10.5. The first-order chi connectivity index (χ1) is 7.29. The molecule has 0 saturated heterocycles. The molecule has 1 rings (SSSR count). The van der Waals surface area contributed by atoms with Crippen LogP contribution in [-0.4, -0.2) is 11.2 Å². The van der Waals surface area contributed by atoms with Gasteiger partial charge in [0, 0.05) is 0 Å². The van der Waals surface area contributed by atoms with Gasteiger partial charge in [-0.15, -0.1) is 0 Å². The van der Waals surface area contributed by atoms with E-state index < -0.39 is 0 Å². The van der Waals surface area contributed by atoms with Crippen LogP contribution in [0.3, 0.4) is 0 Å². The van der Waals surface area contributed by atoms with Crippen LogP contribution < -0.4 is 0 Å². The van der Waals surface area contributed by atoms with E-state index in [1.807, 2.05) is 0 Å². The third kappa shape index (κ3) is 4.14. The molecule has 1 aliphatic carbocycles. The predicted octanol–water partition coefficient (Wildman–Crippen LogP) is 4.14. The van der Waals surface area contributed by atoms with Gasteiger partial charge in [-0.3, -0.25) is 0 Å². The summed E-state index contributed by atoms with van der Waals surface area (Å²) in [6.45, 7) is 4.51. The molecule has 0 heterocycles. The minimum atomic E-state index is 0.00663. The van der Waals surface area contributed by atoms with Crippen LogP contribution in [0, 0.1) is 11.8 Å². The maximum absolute atomic E-state index is 10.1. The first-order valence-electron chi connectivity index (χ1n) is 6.97. The van der Waals surface area contributed by atoms with Crippen LogP contribution in [0.4, 0.5) is 0 Å². The van der Waals surface area contributed by atoms with Gasteiger partial charge < -0.3 is 5.11 Å². The Bertz CT molecular complexity index is 155. The van der Waals surface area contributed by atoms with Crippen LogP contribution in [0.5, 0.6) is 0 Å². The van der Waals surface area contributed by atoms with E-state index in [0.717, 1.165) is 12.3 Å². The Morgan fingerprint density at radius 3 is 2.33 bits per heavy atom. The highest BCUT2D eigenvalue weighted by Crippen LogP contribution is 2.36. The van der Waals surface area contributed by atoms with E-state index in [1.165, 1.54) is 51.4 Å². The first-order valence-corrected chi connectivity index (χ1v) is 6.97. The Kier molecular flexibility index (Phi) is 6.31. The maximum Gasteiger partial charge on any atom is 0.0571 e. The smallest absolute Gasteiger partial charge is 0.0571 e. The number of aliphatic hydroxyl groups is 1. The summed E-state index contributed by atoms with van der Waals surface area (Å²) in [5, 5.41) is 10.1. The molecule has 0 bridgehead atoms. The van der Waals surface area contributed by atoms with Crippen LogP contribution in [0.25, 0.3) is 0 Å². The van der Waals surface area contributed by atoms with Crippen LogP contribution in [0.1, 0.15) is 71.6 Å². The van der Waals surface area contributed by atoms with Crippen molar-refractivity contribution in [3.8, 4) is 0 Å². The summed E-state index contributed by atoms with van der Waals surface area (Å²) in [5.74, 6) is 1.44. The van der Waals surface area contributed by atoms with Crippen molar-refractivity contribution in [3.05, 3.63) is 0 Å². The number of hydrogen-bond acceptors (Lipinski definition) is 1. The summed E-state index contributed by atoms with van der Waals surface area (Å²) >= 11 is 0. The van der Waals surface area contributed by atoms with Gasteiger partial charge in [0.25, 0.3) is 0 Å². The quantitative estimate of drug-likeness (QED) is 0.701. The molecule has 0 aliphatic heterocycles. The van der Waals surface area contributed by atoms with Crippen LogP contribution in [0.15, 0.2) is 0 Å². The zero-order chi connectivity index (χ0) is 11.1. The Morgan fingerprint density at radius 1 is 1.00 bits per heavy atom. The Labute approximate surface area is 95.3 Å². The van der Waals surface area contributed by atoms with E-state index in [9.17, 15) is 5.11 Å². The summed E-state index contributed by atoms with van der Waals surface area (Å²) in [4.78, 5) is 0. The maximum atomic E-state index is 10.1. The molecule has 0 amide bonds. The molecule has 0 radical (unpaired) electrons. The lowest BCUT2D eigenvalue weighted by Crippen LogP contribution is -2.32. The number of rotatable bonds is 6. The summed E-state index contributed by atoms with van der Waals surface area (Å²) in [6, 6.07) is 0. The molecule has 1 saturated carbocycles. The molecule has 1 nitrogen and oxygen atoms in total. The van der Waals surface area contributed by atoms with Gasteiger partial charge in [0.2, 0.25) is 0 Å². The van der Waals surface area contributed by atoms with Gasteiger partial charge in [0.1, 0.15) is 0 Å². The molecule has 3 atom stereocenters. The molecule has 3 unspecified atom stereocenters. The Morgan fingerprint density at radius 2 is 1.67 bits per heavy atom. The fourth-order valence-corrected chi connectivity index (χ4v) is 3.02. The van der Waals surface area contributed by atoms with Crippen molar-refractivity contribution >= 4 is 0 Å². The van der Waals surface area contributed by atoms with Crippen LogP contribution in [-0.2, 0) is 0 Å². The molecule has 0 spiro atoms. The second kappa shape index (κ2) is 7.27. The highest BCUT2D eigenvalue weighted by Gasteiger charge is 2.30. The molecule has 15 heavy (non-hydrogen) atoms. The van der Waals surface area contributed by atoms with Crippen LogP contribution >= 0.6 is 0 Å². The lowest BCUT2D eigenvalue weighted by Gasteiger charge is -2.35. The third-order valence-corrected chi connectivity index (χ3v) is 3.99. The fourth-order valence-electron chi connectivity index (χ4n) is 3.02. The monoisotopic (exact) mass is 212 g/mol. The van der Waals surface area contributed by atoms with E-state index in [4.69, 9.17) is 0 Å². The zero-order valence-electron chi connectivity index (χ0n) is 10.5. The van der Waals surface area contributed by atoms with Crippen molar-refractivity contribution in [1.29, 1.82) is 0 Å². The molecule has 0 aromatic heterocycles. The lowest BCUT2D eigenvalue weighted by atomic mass is 9.73. The number of aliphatic hydroxyl groups excluding tert-OH is 1. The van der Waals surface area contributed by atoms with Gasteiger partial charge in [-0.2, -0.15) is 0 Å². The molecule has 0 aromatic rings. The van der Waals surface area contributed by atoms with Gasteiger partial charge in [-0.05, 0) is 31.1 Å². The molecule has 0 aromatic carbocycles. The fraction of sp³-hybridized carbons (Fsp3) is 1.00. The van der Waals surface area contributed by atoms with E-state index in [-0.39, 0.29) is 6.10 Å². The minimum Gasteiger partial charge on any atom is -0.393 e. The highest BCUT2D eigenvalue weighted by molar-refractivity contribution is 4.81. The lowest BCUT2D eigenvalue weighted by molar-refractivity contribution is 0.0229. The normalized spacial score (nSPS) is 31.8. The van der Waals surface area contributed by atoms with Crippen molar-refractivity contribution in [2.75, 3.05) is 0 Å². The third-order valence-electron chi connectivity index (χ3n) is 3.99. The van der Waals surface area contributed by atoms with Crippen molar-refractivity contribution < 1.29 is 5.11 Å². The Hall–Kier alpha value is -0.0400. The van der Waals surface area contributed by atoms with Crippen LogP contribution in [0.2, 0.25) is 0 Å². The first kappa shape index (κ1) is 13.0. The van der Waals surface area contributed by atoms with Crippen molar-refractivity contribution in [2.24, 2.45) is 11.8 Å². The average Bonchev–Trinajstić information content (AvgIpc) is 2.25. The standard InChI is InChI=1S/C14H28O/c1-3-5-8-12-9-7-11-14(15)13(12)10-6-4-2/h12-15H,3-11H2,1-2H3. The van der Waals surface area contributed by atoms with Crippen molar-refractivity contribution in [3.63, 3.8) is 0 Å². The molecular formula is C14H28O. The van der Waals surface area contributed by atoms with E-state index in [2.05, 4.69) is 13.8 Å². The summed E-state index contributed by atoms with van der Waals surface area (Å²) < 4.78 is 0. The number of hydrogen-bond donors (Lipinski definition) is 1. The topological polar surface area (TPSA) is 20.2 Å². The van der Waals surface area contributed by atoms with Gasteiger partial charge in [0.15, 0.2) is 0 Å². The summed E-state index contributed by atoms with van der Waals surface area (Å²) in [5.41, 5.74) is 0. The van der Waals surface area contributed by atoms with Gasteiger partial charge in [0.05, 0.1) is 6.10 Å². The molecular weight excluding hydrogens is 184 g/mol. The molecule has 1 N–H and O–H groups in total. The predicted molar refractivity (Wildman–Crippen MR) is 65.9 cm³/mol. The summed E-state index contributed by atoms with van der Waals surface area (Å²) in [6.07, 6.45) is 11.5. The molecule has 1 heteroatoms. The highest BCUT2D eigenvalue weighted by atomic mass is 16.3. The van der Waals surface area contributed by atoms with Crippen molar-refractivity contribution in [1.82, 2.24) is 0 Å². The largest absolute Gasteiger partial charge is 0.393 e. The number of unbranched alkanes of at least 4 members (excludes halogenated alkanes) is 2. The SMILES string of the molecule is CCCCC1CCCC(O)C1CCCC. The van der Waals surface area contributed by atoms with Gasteiger partial charge in [-0.1, -0.05) is 52.4 Å².